The van der Waals surface area contributed by atoms with E-state index in [1.54, 1.807) is 0 Å². The Morgan fingerprint density at radius 3 is 2.29 bits per heavy atom. The number of anilines is 3. The average molecular weight is 779 g/mol. The summed E-state index contributed by atoms with van der Waals surface area (Å²) in [4.78, 5) is 12.8. The van der Waals surface area contributed by atoms with Crippen LogP contribution in [0.15, 0.2) is 108 Å². The molecule has 2 aliphatic heterocycles. The molecule has 0 radical (unpaired) electrons. The second-order valence-corrected chi connectivity index (χ2v) is 19.5. The van der Waals surface area contributed by atoms with Crippen LogP contribution in [0.3, 0.4) is 0 Å². The Balaban J connectivity index is 1.23. The zero-order chi connectivity index (χ0) is 43.3. The minimum Gasteiger partial charge on any atom is -0.468 e. The molecule has 0 spiro atoms. The lowest BCUT2D eigenvalue weighted by Gasteiger charge is -2.42. The van der Waals surface area contributed by atoms with Crippen LogP contribution in [0.25, 0.3) is 27.6 Å². The highest BCUT2D eigenvalue weighted by molar-refractivity contribution is 6.12. The maximum atomic E-state index is 9.61. The van der Waals surface area contributed by atoms with Crippen LogP contribution in [0.2, 0.25) is 0 Å². The summed E-state index contributed by atoms with van der Waals surface area (Å²) in [6.45, 7) is 26.1. The fourth-order valence-corrected chi connectivity index (χ4v) is 9.91. The molecule has 1 aliphatic carbocycles. The number of aryl methyl sites for hydroxylation is 2. The summed E-state index contributed by atoms with van der Waals surface area (Å²) in [6.07, 6.45) is 0.177. The smallest absolute Gasteiger partial charge is 0.217 e. The van der Waals surface area contributed by atoms with Gasteiger partial charge in [-0.05, 0) is 151 Å². The highest BCUT2D eigenvalue weighted by Crippen LogP contribution is 2.56. The highest BCUT2D eigenvalue weighted by atomic mass is 16.5. The normalized spacial score (nSPS) is 21.8. The molecular formula is C54H56N4O. The molecule has 298 valence electrons. The number of nitrogens with zero attached hydrogens (tertiary/aromatic N) is 4. The summed E-state index contributed by atoms with van der Waals surface area (Å²) in [5, 5.41) is 2.41. The molecule has 3 aliphatic rings. The van der Waals surface area contributed by atoms with E-state index in [-0.39, 0.29) is 16.7 Å². The molecule has 0 amide bonds. The van der Waals surface area contributed by atoms with E-state index in [2.05, 4.69) is 162 Å². The van der Waals surface area contributed by atoms with Crippen LogP contribution in [0.1, 0.15) is 127 Å². The Morgan fingerprint density at radius 1 is 0.763 bits per heavy atom. The zero-order valence-electron chi connectivity index (χ0n) is 38.6. The van der Waals surface area contributed by atoms with E-state index in [0.717, 1.165) is 61.7 Å². The summed E-state index contributed by atoms with van der Waals surface area (Å²) in [7, 11) is 0. The molecule has 10 rings (SSSR count). The molecule has 0 bridgehead atoms. The van der Waals surface area contributed by atoms with E-state index >= 15 is 0 Å². The minimum atomic E-state index is -1.77. The first-order valence-corrected chi connectivity index (χ1v) is 21.2. The quantitative estimate of drug-likeness (QED) is 0.179. The Kier molecular flexibility index (Phi) is 7.43. The van der Waals surface area contributed by atoms with Crippen molar-refractivity contribution >= 4 is 44.8 Å². The fraction of sp³-hybridized carbons (Fsp3) is 0.333. The Labute approximate surface area is 352 Å². The number of fused-ring (bicyclic) bond motifs is 8. The second-order valence-electron chi connectivity index (χ2n) is 19.5. The van der Waals surface area contributed by atoms with E-state index in [0.29, 0.717) is 11.5 Å². The number of aromatic nitrogens is 2. The van der Waals surface area contributed by atoms with Gasteiger partial charge in [-0.25, -0.2) is 9.98 Å². The van der Waals surface area contributed by atoms with Gasteiger partial charge in [-0.3, -0.25) is 4.57 Å². The predicted octanol–water partition coefficient (Wildman–Crippen LogP) is 13.6. The Hall–Kier alpha value is -5.68. The topological polar surface area (TPSA) is 42.7 Å². The number of rotatable bonds is 4. The van der Waals surface area contributed by atoms with Crippen molar-refractivity contribution in [2.45, 2.75) is 117 Å². The number of hydrogen-bond acceptors (Lipinski definition) is 4. The molecule has 5 nitrogen and oxygen atoms in total. The van der Waals surface area contributed by atoms with Crippen molar-refractivity contribution in [2.75, 3.05) is 4.90 Å². The molecular weight excluding hydrogens is 721 g/mol. The zero-order valence-corrected chi connectivity index (χ0v) is 36.6. The van der Waals surface area contributed by atoms with Crippen LogP contribution >= 0.6 is 0 Å². The lowest BCUT2D eigenvalue weighted by Crippen LogP contribution is -2.41. The van der Waals surface area contributed by atoms with E-state index in [4.69, 9.17) is 14.7 Å². The Bertz CT molecular complexity index is 3060. The summed E-state index contributed by atoms with van der Waals surface area (Å²) in [5.41, 5.74) is 13.5. The van der Waals surface area contributed by atoms with Crippen molar-refractivity contribution in [2.24, 2.45) is 4.99 Å². The standard InChI is InChI=1S/C54H56N4O/c1-31(2)35-24-36(50-56-54(12)42-19-18-33(4)34(5)41(42)30-53(54,11)59-50)26-38(25-35)57-46-16-14-13-15-43(46)52(9,10)44-28-40-39-23-32(3)17-20-45(39)58(47(40)29-48(44)57)49-27-37(21-22-55-49)51(6,7)8/h13-29,31H,30H2,1-12H3/t53-,54+/m0/s1/i30D2. The van der Waals surface area contributed by atoms with Gasteiger partial charge in [-0.1, -0.05) is 90.4 Å². The monoisotopic (exact) mass is 778 g/mol. The number of para-hydroxylation sites is 1. The number of ether oxygens (including phenoxy) is 1. The van der Waals surface area contributed by atoms with Crippen molar-refractivity contribution in [1.29, 1.82) is 0 Å². The maximum absolute atomic E-state index is 9.61. The van der Waals surface area contributed by atoms with Gasteiger partial charge >= 0.3 is 0 Å². The van der Waals surface area contributed by atoms with Crippen molar-refractivity contribution in [3.05, 3.63) is 159 Å². The van der Waals surface area contributed by atoms with Crippen LogP contribution < -0.4 is 4.90 Å². The van der Waals surface area contributed by atoms with Crippen molar-refractivity contribution in [1.82, 2.24) is 9.55 Å². The molecule has 7 aromatic rings. The van der Waals surface area contributed by atoms with E-state index in [1.807, 2.05) is 33.9 Å². The maximum Gasteiger partial charge on any atom is 0.217 e. The van der Waals surface area contributed by atoms with Crippen molar-refractivity contribution in [3.63, 3.8) is 0 Å². The SMILES string of the molecule is [2H]C1([2H])c2c(ccc(C)c2C)[C@@]2(C)N=C(c3cc(C(C)C)cc(N4c5ccccc5C(C)(C)c5cc6c7cc(C)ccc7n(-c7cc(C(C)(C)C)ccn7)c6cc54)c3)O[C@@]12C. The number of pyridine rings is 1. The highest BCUT2D eigenvalue weighted by Gasteiger charge is 2.59. The molecule has 0 saturated heterocycles. The largest absolute Gasteiger partial charge is 0.468 e. The fourth-order valence-electron chi connectivity index (χ4n) is 9.91. The molecule has 2 atom stereocenters. The molecule has 4 heterocycles. The summed E-state index contributed by atoms with van der Waals surface area (Å²) in [5.74, 6) is 1.58. The molecule has 5 aromatic carbocycles. The van der Waals surface area contributed by atoms with Crippen LogP contribution in [0, 0.1) is 20.8 Å². The molecule has 0 saturated carbocycles. The first kappa shape index (κ1) is 35.3. The van der Waals surface area contributed by atoms with Crippen LogP contribution in [0.4, 0.5) is 17.1 Å². The molecule has 0 N–H and O–H groups in total. The number of aliphatic imine (C=N–C) groups is 1. The van der Waals surface area contributed by atoms with Crippen molar-refractivity contribution in [3.8, 4) is 5.82 Å². The van der Waals surface area contributed by atoms with Gasteiger partial charge < -0.3 is 9.64 Å². The number of hydrogen-bond donors (Lipinski definition) is 0. The molecule has 0 fully saturated rings. The third kappa shape index (κ3) is 5.35. The predicted molar refractivity (Wildman–Crippen MR) is 246 cm³/mol. The molecule has 5 heteroatoms. The lowest BCUT2D eigenvalue weighted by molar-refractivity contribution is 0.0476. The lowest BCUT2D eigenvalue weighted by atomic mass is 9.73. The molecule has 0 unspecified atom stereocenters. The molecule has 2 aromatic heterocycles. The van der Waals surface area contributed by atoms with Crippen LogP contribution in [0.5, 0.6) is 0 Å². The first-order chi connectivity index (χ1) is 28.7. The third-order valence-electron chi connectivity index (χ3n) is 13.9. The summed E-state index contributed by atoms with van der Waals surface area (Å²) >= 11 is 0. The summed E-state index contributed by atoms with van der Waals surface area (Å²) < 4.78 is 28.5. The number of benzene rings is 5. The first-order valence-electron chi connectivity index (χ1n) is 22.2. The molecule has 59 heavy (non-hydrogen) atoms. The second kappa shape index (κ2) is 12.4. The van der Waals surface area contributed by atoms with Gasteiger partial charge in [0.2, 0.25) is 5.90 Å². The van der Waals surface area contributed by atoms with Crippen LogP contribution in [-0.2, 0) is 27.5 Å². The van der Waals surface area contributed by atoms with E-state index in [9.17, 15) is 2.74 Å². The summed E-state index contributed by atoms with van der Waals surface area (Å²) in [6, 6.07) is 35.6. The van der Waals surface area contributed by atoms with Gasteiger partial charge in [0, 0.05) is 42.7 Å². The van der Waals surface area contributed by atoms with Gasteiger partial charge in [0.15, 0.2) is 0 Å². The Morgan fingerprint density at radius 2 is 1.53 bits per heavy atom. The average Bonchev–Trinajstić information content (AvgIpc) is 3.72. The van der Waals surface area contributed by atoms with Gasteiger partial charge in [-0.15, -0.1) is 0 Å². The van der Waals surface area contributed by atoms with Crippen LogP contribution in [-0.4, -0.2) is 21.0 Å². The van der Waals surface area contributed by atoms with Crippen molar-refractivity contribution < 1.29 is 7.48 Å². The third-order valence-corrected chi connectivity index (χ3v) is 13.9. The van der Waals surface area contributed by atoms with Gasteiger partial charge in [0.05, 0.1) is 22.4 Å². The minimum absolute atomic E-state index is 0.0408. The van der Waals surface area contributed by atoms with E-state index in [1.165, 1.54) is 33.0 Å². The van der Waals surface area contributed by atoms with Gasteiger partial charge in [0.25, 0.3) is 0 Å². The van der Waals surface area contributed by atoms with E-state index < -0.39 is 17.5 Å². The van der Waals surface area contributed by atoms with Gasteiger partial charge in [0.1, 0.15) is 17.0 Å². The van der Waals surface area contributed by atoms with Gasteiger partial charge in [-0.2, -0.15) is 0 Å².